The SMILES string of the molecule is Cc1ccc(-c2cnn(C)c2N)c(C)c1O. The normalized spacial score (nSPS) is 10.7. The van der Waals surface area contributed by atoms with Crippen LogP contribution in [-0.4, -0.2) is 14.9 Å². The smallest absolute Gasteiger partial charge is 0.129 e. The molecule has 4 heteroatoms. The number of nitrogen functional groups attached to an aromatic ring is 1. The first-order valence-electron chi connectivity index (χ1n) is 5.09. The molecule has 0 fully saturated rings. The zero-order valence-corrected chi connectivity index (χ0v) is 9.65. The maximum Gasteiger partial charge on any atom is 0.129 e. The van der Waals surface area contributed by atoms with Gasteiger partial charge in [-0.05, 0) is 30.5 Å². The van der Waals surface area contributed by atoms with Crippen LogP contribution in [0.25, 0.3) is 11.1 Å². The van der Waals surface area contributed by atoms with Gasteiger partial charge in [-0.2, -0.15) is 5.10 Å². The summed E-state index contributed by atoms with van der Waals surface area (Å²) >= 11 is 0. The number of hydrogen-bond donors (Lipinski definition) is 2. The Labute approximate surface area is 94.3 Å². The van der Waals surface area contributed by atoms with Crippen molar-refractivity contribution < 1.29 is 5.11 Å². The summed E-state index contributed by atoms with van der Waals surface area (Å²) < 4.78 is 1.62. The number of hydrogen-bond acceptors (Lipinski definition) is 3. The number of benzene rings is 1. The van der Waals surface area contributed by atoms with Crippen LogP contribution in [0.3, 0.4) is 0 Å². The van der Waals surface area contributed by atoms with E-state index in [2.05, 4.69) is 5.10 Å². The van der Waals surface area contributed by atoms with E-state index in [1.54, 1.807) is 17.9 Å². The predicted molar refractivity (Wildman–Crippen MR) is 64.2 cm³/mol. The highest BCUT2D eigenvalue weighted by Gasteiger charge is 2.12. The van der Waals surface area contributed by atoms with Gasteiger partial charge in [-0.15, -0.1) is 0 Å². The molecule has 1 heterocycles. The van der Waals surface area contributed by atoms with Crippen molar-refractivity contribution in [3.8, 4) is 16.9 Å². The van der Waals surface area contributed by atoms with Crippen LogP contribution >= 0.6 is 0 Å². The summed E-state index contributed by atoms with van der Waals surface area (Å²) in [5.41, 5.74) is 9.39. The zero-order valence-electron chi connectivity index (χ0n) is 9.65. The Morgan fingerprint density at radius 2 is 1.94 bits per heavy atom. The molecule has 0 radical (unpaired) electrons. The summed E-state index contributed by atoms with van der Waals surface area (Å²) in [5, 5.41) is 14.0. The van der Waals surface area contributed by atoms with Gasteiger partial charge in [0.15, 0.2) is 0 Å². The highest BCUT2D eigenvalue weighted by molar-refractivity contribution is 5.78. The molecule has 3 N–H and O–H groups in total. The van der Waals surface area contributed by atoms with Gasteiger partial charge in [-0.3, -0.25) is 4.68 Å². The maximum atomic E-state index is 9.88. The van der Waals surface area contributed by atoms with Crippen molar-refractivity contribution >= 4 is 5.82 Å². The molecule has 2 rings (SSSR count). The van der Waals surface area contributed by atoms with Crippen molar-refractivity contribution in [2.45, 2.75) is 13.8 Å². The number of rotatable bonds is 1. The molecule has 84 valence electrons. The lowest BCUT2D eigenvalue weighted by atomic mass is 9.99. The summed E-state index contributed by atoms with van der Waals surface area (Å²) in [6, 6.07) is 3.84. The van der Waals surface area contributed by atoms with Crippen LogP contribution < -0.4 is 5.73 Å². The Morgan fingerprint density at radius 1 is 1.25 bits per heavy atom. The van der Waals surface area contributed by atoms with Crippen LogP contribution in [0.4, 0.5) is 5.82 Å². The zero-order chi connectivity index (χ0) is 11.9. The number of phenolic OH excluding ortho intramolecular Hbond substituents is 1. The molecule has 0 saturated carbocycles. The molecule has 16 heavy (non-hydrogen) atoms. The van der Waals surface area contributed by atoms with Crippen molar-refractivity contribution in [1.29, 1.82) is 0 Å². The van der Waals surface area contributed by atoms with E-state index in [9.17, 15) is 5.11 Å². The van der Waals surface area contributed by atoms with Crippen molar-refractivity contribution in [3.05, 3.63) is 29.5 Å². The standard InChI is InChI=1S/C12H15N3O/c1-7-4-5-9(8(2)11(7)16)10-6-14-15(3)12(10)13/h4-6,16H,13H2,1-3H3. The molecule has 0 aliphatic heterocycles. The molecule has 0 aliphatic carbocycles. The Balaban J connectivity index is 2.66. The monoisotopic (exact) mass is 217 g/mol. The number of phenols is 1. The Hall–Kier alpha value is -1.97. The second-order valence-electron chi connectivity index (χ2n) is 3.97. The highest BCUT2D eigenvalue weighted by Crippen LogP contribution is 2.34. The highest BCUT2D eigenvalue weighted by atomic mass is 16.3. The van der Waals surface area contributed by atoms with E-state index >= 15 is 0 Å². The Morgan fingerprint density at radius 3 is 2.50 bits per heavy atom. The molecule has 0 saturated heterocycles. The fourth-order valence-electron chi connectivity index (χ4n) is 1.78. The van der Waals surface area contributed by atoms with E-state index in [4.69, 9.17) is 5.73 Å². The van der Waals surface area contributed by atoms with E-state index in [1.807, 2.05) is 26.0 Å². The quantitative estimate of drug-likeness (QED) is 0.767. The van der Waals surface area contributed by atoms with Gasteiger partial charge in [0.1, 0.15) is 11.6 Å². The predicted octanol–water partition coefficient (Wildman–Crippen LogP) is 1.99. The van der Waals surface area contributed by atoms with Gasteiger partial charge in [0, 0.05) is 12.6 Å². The minimum Gasteiger partial charge on any atom is -0.507 e. The van der Waals surface area contributed by atoms with Gasteiger partial charge in [-0.1, -0.05) is 12.1 Å². The van der Waals surface area contributed by atoms with E-state index in [0.717, 1.165) is 22.3 Å². The van der Waals surface area contributed by atoms with Gasteiger partial charge < -0.3 is 10.8 Å². The van der Waals surface area contributed by atoms with Gasteiger partial charge >= 0.3 is 0 Å². The van der Waals surface area contributed by atoms with Crippen molar-refractivity contribution in [3.63, 3.8) is 0 Å². The number of anilines is 1. The van der Waals surface area contributed by atoms with Gasteiger partial charge in [0.2, 0.25) is 0 Å². The second-order valence-corrected chi connectivity index (χ2v) is 3.97. The van der Waals surface area contributed by atoms with Gasteiger partial charge in [0.05, 0.1) is 6.20 Å². The Kier molecular flexibility index (Phi) is 2.34. The van der Waals surface area contributed by atoms with E-state index in [-0.39, 0.29) is 0 Å². The van der Waals surface area contributed by atoms with E-state index < -0.39 is 0 Å². The van der Waals surface area contributed by atoms with E-state index in [0.29, 0.717) is 11.6 Å². The van der Waals surface area contributed by atoms with Crippen molar-refractivity contribution in [2.75, 3.05) is 5.73 Å². The summed E-state index contributed by atoms with van der Waals surface area (Å²) in [6.07, 6.45) is 1.71. The summed E-state index contributed by atoms with van der Waals surface area (Å²) in [6.45, 7) is 3.75. The first-order valence-corrected chi connectivity index (χ1v) is 5.09. The van der Waals surface area contributed by atoms with Gasteiger partial charge in [0.25, 0.3) is 0 Å². The lowest BCUT2D eigenvalue weighted by Gasteiger charge is -2.09. The van der Waals surface area contributed by atoms with Crippen LogP contribution in [0, 0.1) is 13.8 Å². The van der Waals surface area contributed by atoms with Crippen LogP contribution in [-0.2, 0) is 7.05 Å². The Bertz CT molecular complexity index is 543. The van der Waals surface area contributed by atoms with Crippen LogP contribution in [0.1, 0.15) is 11.1 Å². The molecule has 0 bridgehead atoms. The number of aromatic nitrogens is 2. The number of nitrogens with zero attached hydrogens (tertiary/aromatic N) is 2. The third kappa shape index (κ3) is 1.43. The van der Waals surface area contributed by atoms with Crippen LogP contribution in [0.15, 0.2) is 18.3 Å². The largest absolute Gasteiger partial charge is 0.507 e. The lowest BCUT2D eigenvalue weighted by molar-refractivity contribution is 0.467. The molecule has 0 aliphatic rings. The third-order valence-corrected chi connectivity index (χ3v) is 2.91. The number of nitrogens with two attached hydrogens (primary N) is 1. The molecule has 1 aromatic carbocycles. The topological polar surface area (TPSA) is 64.1 Å². The minimum atomic E-state index is 0.320. The van der Waals surface area contributed by atoms with Crippen LogP contribution in [0.5, 0.6) is 5.75 Å². The molecule has 2 aromatic rings. The summed E-state index contributed by atoms with van der Waals surface area (Å²) in [4.78, 5) is 0. The minimum absolute atomic E-state index is 0.320. The molecule has 1 aromatic heterocycles. The summed E-state index contributed by atoms with van der Waals surface area (Å²) in [7, 11) is 1.79. The van der Waals surface area contributed by atoms with Crippen molar-refractivity contribution in [1.82, 2.24) is 9.78 Å². The van der Waals surface area contributed by atoms with Gasteiger partial charge in [-0.25, -0.2) is 0 Å². The molecular weight excluding hydrogens is 202 g/mol. The van der Waals surface area contributed by atoms with Crippen LogP contribution in [0.2, 0.25) is 0 Å². The fraction of sp³-hybridized carbons (Fsp3) is 0.250. The molecule has 4 nitrogen and oxygen atoms in total. The number of aromatic hydroxyl groups is 1. The fourth-order valence-corrected chi connectivity index (χ4v) is 1.78. The molecular formula is C12H15N3O. The average Bonchev–Trinajstić information content (AvgIpc) is 2.58. The summed E-state index contributed by atoms with van der Waals surface area (Å²) in [5.74, 6) is 0.923. The van der Waals surface area contributed by atoms with E-state index in [1.165, 1.54) is 0 Å². The molecule has 0 spiro atoms. The maximum absolute atomic E-state index is 9.88. The first-order chi connectivity index (χ1) is 7.52. The average molecular weight is 217 g/mol. The first kappa shape index (κ1) is 10.5. The lowest BCUT2D eigenvalue weighted by Crippen LogP contribution is -1.98. The molecule has 0 unspecified atom stereocenters. The molecule has 0 atom stereocenters. The second kappa shape index (κ2) is 3.56. The third-order valence-electron chi connectivity index (χ3n) is 2.91. The number of aryl methyl sites for hydroxylation is 2. The van der Waals surface area contributed by atoms with Crippen molar-refractivity contribution in [2.24, 2.45) is 7.05 Å². The molecule has 0 amide bonds.